The van der Waals surface area contributed by atoms with Gasteiger partial charge in [-0.3, -0.25) is 4.79 Å². The van der Waals surface area contributed by atoms with Crippen LogP contribution in [0.25, 0.3) is 0 Å². The molecule has 0 spiro atoms. The zero-order chi connectivity index (χ0) is 15.7. The highest BCUT2D eigenvalue weighted by molar-refractivity contribution is 5.84. The quantitative estimate of drug-likeness (QED) is 0.778. The summed E-state index contributed by atoms with van der Waals surface area (Å²) < 4.78 is 62.5. The molecule has 112 valence electrons. The van der Waals surface area contributed by atoms with E-state index in [0.29, 0.717) is 10.5 Å². The minimum atomic E-state index is -5.90. The lowest BCUT2D eigenvalue weighted by Crippen LogP contribution is -2.51. The Bertz CT molecular complexity index is 481. The van der Waals surface area contributed by atoms with Crippen molar-refractivity contribution in [3.8, 4) is 0 Å². The number of nitrogens with zero attached hydrogens (tertiary/aromatic N) is 1. The molecule has 2 nitrogen and oxygen atoms in total. The number of hydrogen-bond donors (Lipinski definition) is 0. The van der Waals surface area contributed by atoms with E-state index in [1.807, 2.05) is 0 Å². The third-order valence-corrected chi connectivity index (χ3v) is 3.09. The van der Waals surface area contributed by atoms with Crippen LogP contribution in [-0.2, 0) is 4.79 Å². The van der Waals surface area contributed by atoms with Crippen molar-refractivity contribution < 1.29 is 26.7 Å². The molecule has 1 aromatic carbocycles. The molecule has 1 amide bonds. The number of halogens is 5. The van der Waals surface area contributed by atoms with Crippen LogP contribution in [0.2, 0.25) is 0 Å². The minimum absolute atomic E-state index is 0.401. The van der Waals surface area contributed by atoms with E-state index in [1.54, 1.807) is 31.2 Å². The van der Waals surface area contributed by atoms with E-state index in [0.717, 1.165) is 12.6 Å². The largest absolute Gasteiger partial charge is 0.463 e. The van der Waals surface area contributed by atoms with Gasteiger partial charge in [-0.1, -0.05) is 29.8 Å². The summed E-state index contributed by atoms with van der Waals surface area (Å²) in [6.07, 6.45) is -5.90. The van der Waals surface area contributed by atoms with E-state index in [2.05, 4.69) is 0 Å². The third-order valence-electron chi connectivity index (χ3n) is 3.09. The Labute approximate surface area is 113 Å². The predicted octanol–water partition coefficient (Wildman–Crippen LogP) is 3.71. The summed E-state index contributed by atoms with van der Waals surface area (Å²) in [4.78, 5) is 11.8. The molecule has 0 aromatic heterocycles. The second-order valence-corrected chi connectivity index (χ2v) is 4.57. The van der Waals surface area contributed by atoms with Gasteiger partial charge in [0.2, 0.25) is 0 Å². The van der Waals surface area contributed by atoms with Crippen LogP contribution in [-0.4, -0.2) is 30.0 Å². The highest BCUT2D eigenvalue weighted by atomic mass is 19.4. The SMILES string of the molecule is Cc1ccc(C(C)N(C)C(=O)C(F)(F)C(F)(F)F)cc1. The standard InChI is InChI=1S/C13H14F5NO/c1-8-4-6-10(7-5-8)9(2)19(3)11(20)12(14,15)13(16,17)18/h4-7,9H,1-3H3. The average molecular weight is 295 g/mol. The van der Waals surface area contributed by atoms with E-state index in [4.69, 9.17) is 0 Å². The van der Waals surface area contributed by atoms with E-state index in [1.165, 1.54) is 6.92 Å². The second kappa shape index (κ2) is 5.38. The van der Waals surface area contributed by atoms with E-state index in [9.17, 15) is 26.7 Å². The van der Waals surface area contributed by atoms with Gasteiger partial charge in [-0.25, -0.2) is 0 Å². The normalized spacial score (nSPS) is 14.0. The molecule has 0 aliphatic heterocycles. The van der Waals surface area contributed by atoms with Gasteiger partial charge in [0.1, 0.15) is 0 Å². The lowest BCUT2D eigenvalue weighted by atomic mass is 10.0. The van der Waals surface area contributed by atoms with Crippen LogP contribution in [0.1, 0.15) is 24.1 Å². The van der Waals surface area contributed by atoms with Crippen molar-refractivity contribution in [2.75, 3.05) is 7.05 Å². The number of amides is 1. The topological polar surface area (TPSA) is 20.3 Å². The zero-order valence-electron chi connectivity index (χ0n) is 11.1. The number of rotatable bonds is 3. The Kier molecular flexibility index (Phi) is 4.41. The van der Waals surface area contributed by atoms with Crippen molar-refractivity contribution in [2.45, 2.75) is 32.0 Å². The Hall–Kier alpha value is -1.66. The molecule has 7 heteroatoms. The number of hydrogen-bond acceptors (Lipinski definition) is 1. The molecule has 1 atom stereocenters. The average Bonchev–Trinajstić information content (AvgIpc) is 2.35. The van der Waals surface area contributed by atoms with Gasteiger partial charge < -0.3 is 4.90 Å². The summed E-state index contributed by atoms with van der Waals surface area (Å²) in [5.74, 6) is -7.65. The van der Waals surface area contributed by atoms with Gasteiger partial charge in [-0.15, -0.1) is 0 Å². The molecule has 0 aliphatic rings. The van der Waals surface area contributed by atoms with Crippen molar-refractivity contribution in [3.63, 3.8) is 0 Å². The maximum atomic E-state index is 13.0. The fourth-order valence-corrected chi connectivity index (χ4v) is 1.59. The summed E-state index contributed by atoms with van der Waals surface area (Å²) >= 11 is 0. The lowest BCUT2D eigenvalue weighted by Gasteiger charge is -2.29. The fourth-order valence-electron chi connectivity index (χ4n) is 1.59. The number of carbonyl (C=O) groups is 1. The number of benzene rings is 1. The molecule has 0 saturated heterocycles. The summed E-state index contributed by atoms with van der Waals surface area (Å²) in [5, 5.41) is 0. The Morgan fingerprint density at radius 1 is 1.10 bits per heavy atom. The van der Waals surface area contributed by atoms with Gasteiger partial charge >= 0.3 is 18.0 Å². The Morgan fingerprint density at radius 2 is 1.55 bits per heavy atom. The van der Waals surface area contributed by atoms with E-state index in [-0.39, 0.29) is 0 Å². The van der Waals surface area contributed by atoms with Crippen LogP contribution < -0.4 is 0 Å². The van der Waals surface area contributed by atoms with Gasteiger partial charge in [0, 0.05) is 7.05 Å². The maximum Gasteiger partial charge on any atom is 0.463 e. The Morgan fingerprint density at radius 3 is 1.95 bits per heavy atom. The van der Waals surface area contributed by atoms with E-state index < -0.39 is 24.0 Å². The first-order valence-electron chi connectivity index (χ1n) is 5.77. The molecule has 1 rings (SSSR count). The van der Waals surface area contributed by atoms with E-state index >= 15 is 0 Å². The van der Waals surface area contributed by atoms with Crippen LogP contribution in [0.3, 0.4) is 0 Å². The zero-order valence-corrected chi connectivity index (χ0v) is 11.1. The van der Waals surface area contributed by atoms with Gasteiger partial charge in [0.15, 0.2) is 0 Å². The van der Waals surface area contributed by atoms with Crippen molar-refractivity contribution in [3.05, 3.63) is 35.4 Å². The van der Waals surface area contributed by atoms with Gasteiger partial charge in [-0.05, 0) is 19.4 Å². The van der Waals surface area contributed by atoms with Crippen LogP contribution >= 0.6 is 0 Å². The van der Waals surface area contributed by atoms with Crippen molar-refractivity contribution >= 4 is 5.91 Å². The van der Waals surface area contributed by atoms with Gasteiger partial charge in [-0.2, -0.15) is 22.0 Å². The summed E-state index contributed by atoms with van der Waals surface area (Å²) in [6, 6.07) is 5.64. The summed E-state index contributed by atoms with van der Waals surface area (Å²) in [6.45, 7) is 3.19. The summed E-state index contributed by atoms with van der Waals surface area (Å²) in [7, 11) is 0.923. The molecule has 20 heavy (non-hydrogen) atoms. The van der Waals surface area contributed by atoms with Crippen LogP contribution in [0.4, 0.5) is 22.0 Å². The van der Waals surface area contributed by atoms with Crippen LogP contribution in [0.15, 0.2) is 24.3 Å². The fraction of sp³-hybridized carbons (Fsp3) is 0.462. The molecule has 0 bridgehead atoms. The first-order chi connectivity index (χ1) is 8.98. The molecule has 0 radical (unpaired) electrons. The van der Waals surface area contributed by atoms with Crippen molar-refractivity contribution in [1.29, 1.82) is 0 Å². The first kappa shape index (κ1) is 16.4. The smallest absolute Gasteiger partial charge is 0.333 e. The van der Waals surface area contributed by atoms with Gasteiger partial charge in [0.05, 0.1) is 6.04 Å². The molecule has 1 unspecified atom stereocenters. The van der Waals surface area contributed by atoms with Crippen LogP contribution in [0, 0.1) is 6.92 Å². The third kappa shape index (κ3) is 3.08. The van der Waals surface area contributed by atoms with Gasteiger partial charge in [0.25, 0.3) is 0 Å². The number of aryl methyl sites for hydroxylation is 1. The molecule has 1 aromatic rings. The summed E-state index contributed by atoms with van der Waals surface area (Å²) in [5.41, 5.74) is 1.39. The number of alkyl halides is 5. The molecule has 0 aliphatic carbocycles. The lowest BCUT2D eigenvalue weighted by molar-refractivity contribution is -0.274. The first-order valence-corrected chi connectivity index (χ1v) is 5.77. The van der Waals surface area contributed by atoms with Crippen molar-refractivity contribution in [2.24, 2.45) is 0 Å². The predicted molar refractivity (Wildman–Crippen MR) is 63.4 cm³/mol. The Balaban J connectivity index is 2.97. The molecular formula is C13H14F5NO. The maximum absolute atomic E-state index is 13.0. The monoisotopic (exact) mass is 295 g/mol. The van der Waals surface area contributed by atoms with Crippen molar-refractivity contribution in [1.82, 2.24) is 4.90 Å². The molecular weight excluding hydrogens is 281 g/mol. The highest BCUT2D eigenvalue weighted by Crippen LogP contribution is 2.38. The molecule has 0 fully saturated rings. The second-order valence-electron chi connectivity index (χ2n) is 4.57. The molecule has 0 heterocycles. The number of carbonyl (C=O) groups excluding carboxylic acids is 1. The van der Waals surface area contributed by atoms with Crippen LogP contribution in [0.5, 0.6) is 0 Å². The molecule has 0 saturated carbocycles. The molecule has 0 N–H and O–H groups in total. The highest BCUT2D eigenvalue weighted by Gasteiger charge is 2.64. The minimum Gasteiger partial charge on any atom is -0.333 e.